The Morgan fingerprint density at radius 1 is 1.41 bits per heavy atom. The van der Waals surface area contributed by atoms with Gasteiger partial charge in [-0.15, -0.1) is 0 Å². The molecule has 1 unspecified atom stereocenters. The number of hydrogen-bond donors (Lipinski definition) is 1. The fourth-order valence-electron chi connectivity index (χ4n) is 2.81. The summed E-state index contributed by atoms with van der Waals surface area (Å²) in [5.74, 6) is 0. The molecule has 3 heteroatoms. The molecular formula is C14H21BrN2. The maximum Gasteiger partial charge on any atom is 0.0413 e. The maximum atomic E-state index is 5.99. The molecule has 0 aromatic heterocycles. The molecular weight excluding hydrogens is 276 g/mol. The van der Waals surface area contributed by atoms with Gasteiger partial charge in [0.1, 0.15) is 0 Å². The van der Waals surface area contributed by atoms with E-state index in [2.05, 4.69) is 60.0 Å². The van der Waals surface area contributed by atoms with Crippen LogP contribution in [0.3, 0.4) is 0 Å². The summed E-state index contributed by atoms with van der Waals surface area (Å²) in [7, 11) is 4.31. The number of halogens is 1. The van der Waals surface area contributed by atoms with Crippen LogP contribution in [0.2, 0.25) is 0 Å². The highest BCUT2D eigenvalue weighted by Crippen LogP contribution is 2.56. The minimum atomic E-state index is 0.301. The summed E-state index contributed by atoms with van der Waals surface area (Å²) in [4.78, 5) is 2.31. The Bertz CT molecular complexity index is 411. The van der Waals surface area contributed by atoms with Crippen molar-refractivity contribution in [2.45, 2.75) is 25.8 Å². The standard InChI is InChI=1S/C14H21BrN2/c1-10-4-5-11(15)8-12(10)13(17(2)3)14(9-16)6-7-14/h4-5,8,13H,6-7,9,16H2,1-3H3. The Morgan fingerprint density at radius 2 is 2.06 bits per heavy atom. The van der Waals surface area contributed by atoms with E-state index in [1.165, 1.54) is 24.0 Å². The molecule has 1 saturated carbocycles. The first-order valence-electron chi connectivity index (χ1n) is 6.13. The number of aryl methyl sites for hydroxylation is 1. The van der Waals surface area contributed by atoms with Crippen LogP contribution in [-0.2, 0) is 0 Å². The van der Waals surface area contributed by atoms with E-state index in [-0.39, 0.29) is 0 Å². The maximum absolute atomic E-state index is 5.99. The first kappa shape index (κ1) is 13.1. The third kappa shape index (κ3) is 2.42. The lowest BCUT2D eigenvalue weighted by atomic mass is 9.87. The predicted molar refractivity (Wildman–Crippen MR) is 76.0 cm³/mol. The van der Waals surface area contributed by atoms with E-state index in [0.29, 0.717) is 11.5 Å². The van der Waals surface area contributed by atoms with Crippen LogP contribution in [0.25, 0.3) is 0 Å². The first-order valence-corrected chi connectivity index (χ1v) is 6.92. The van der Waals surface area contributed by atoms with Gasteiger partial charge in [-0.1, -0.05) is 22.0 Å². The molecule has 1 aromatic carbocycles. The molecule has 2 rings (SSSR count). The first-order chi connectivity index (χ1) is 8.00. The second-order valence-electron chi connectivity index (χ2n) is 5.43. The van der Waals surface area contributed by atoms with Gasteiger partial charge in [-0.05, 0) is 63.7 Å². The Kier molecular flexibility index (Phi) is 3.62. The van der Waals surface area contributed by atoms with Crippen LogP contribution in [0, 0.1) is 12.3 Å². The molecule has 0 aliphatic heterocycles. The van der Waals surface area contributed by atoms with Crippen molar-refractivity contribution >= 4 is 15.9 Å². The highest BCUT2D eigenvalue weighted by atomic mass is 79.9. The number of benzene rings is 1. The molecule has 94 valence electrons. The highest BCUT2D eigenvalue weighted by Gasteiger charge is 2.50. The Labute approximate surface area is 112 Å². The van der Waals surface area contributed by atoms with Crippen LogP contribution in [0.4, 0.5) is 0 Å². The largest absolute Gasteiger partial charge is 0.330 e. The van der Waals surface area contributed by atoms with Gasteiger partial charge in [0, 0.05) is 15.9 Å². The van der Waals surface area contributed by atoms with Gasteiger partial charge in [-0.2, -0.15) is 0 Å². The van der Waals surface area contributed by atoms with Gasteiger partial charge in [-0.25, -0.2) is 0 Å². The van der Waals surface area contributed by atoms with Crippen molar-refractivity contribution < 1.29 is 0 Å². The minimum Gasteiger partial charge on any atom is -0.330 e. The summed E-state index contributed by atoms with van der Waals surface area (Å²) >= 11 is 3.57. The van der Waals surface area contributed by atoms with Crippen molar-refractivity contribution in [2.24, 2.45) is 11.1 Å². The van der Waals surface area contributed by atoms with Gasteiger partial charge in [0.15, 0.2) is 0 Å². The van der Waals surface area contributed by atoms with E-state index in [1.54, 1.807) is 0 Å². The number of hydrogen-bond acceptors (Lipinski definition) is 2. The van der Waals surface area contributed by atoms with Crippen molar-refractivity contribution in [1.82, 2.24) is 4.90 Å². The van der Waals surface area contributed by atoms with Gasteiger partial charge in [0.2, 0.25) is 0 Å². The molecule has 17 heavy (non-hydrogen) atoms. The van der Waals surface area contributed by atoms with E-state index in [9.17, 15) is 0 Å². The lowest BCUT2D eigenvalue weighted by Gasteiger charge is -2.33. The molecule has 1 fully saturated rings. The second-order valence-corrected chi connectivity index (χ2v) is 6.35. The van der Waals surface area contributed by atoms with Crippen LogP contribution in [0.15, 0.2) is 22.7 Å². The molecule has 1 aliphatic carbocycles. The molecule has 2 nitrogen and oxygen atoms in total. The molecule has 1 aliphatic rings. The number of nitrogens with two attached hydrogens (primary N) is 1. The van der Waals surface area contributed by atoms with Gasteiger partial charge in [0.25, 0.3) is 0 Å². The van der Waals surface area contributed by atoms with Crippen molar-refractivity contribution in [3.8, 4) is 0 Å². The monoisotopic (exact) mass is 296 g/mol. The molecule has 0 bridgehead atoms. The van der Waals surface area contributed by atoms with Crippen molar-refractivity contribution in [1.29, 1.82) is 0 Å². The van der Waals surface area contributed by atoms with Gasteiger partial charge in [0.05, 0.1) is 0 Å². The summed E-state index contributed by atoms with van der Waals surface area (Å²) in [5.41, 5.74) is 9.06. The van der Waals surface area contributed by atoms with Crippen LogP contribution in [0.5, 0.6) is 0 Å². The molecule has 2 N–H and O–H groups in total. The van der Waals surface area contributed by atoms with Crippen LogP contribution < -0.4 is 5.73 Å². The summed E-state index contributed by atoms with van der Waals surface area (Å²) < 4.78 is 1.15. The zero-order valence-corrected chi connectivity index (χ0v) is 12.4. The van der Waals surface area contributed by atoms with Gasteiger partial charge < -0.3 is 10.6 Å². The molecule has 0 amide bonds. The van der Waals surface area contributed by atoms with Crippen LogP contribution in [-0.4, -0.2) is 25.5 Å². The minimum absolute atomic E-state index is 0.301. The molecule has 0 saturated heterocycles. The SMILES string of the molecule is Cc1ccc(Br)cc1C(N(C)C)C1(CN)CC1. The zero-order chi connectivity index (χ0) is 12.6. The zero-order valence-electron chi connectivity index (χ0n) is 10.8. The van der Waals surface area contributed by atoms with E-state index in [4.69, 9.17) is 5.73 Å². The van der Waals surface area contributed by atoms with Crippen molar-refractivity contribution in [2.75, 3.05) is 20.6 Å². The smallest absolute Gasteiger partial charge is 0.0413 e. The summed E-state index contributed by atoms with van der Waals surface area (Å²) in [5, 5.41) is 0. The lowest BCUT2D eigenvalue weighted by molar-refractivity contribution is 0.197. The summed E-state index contributed by atoms with van der Waals surface area (Å²) in [6, 6.07) is 6.97. The predicted octanol–water partition coefficient (Wildman–Crippen LogP) is 3.10. The molecule has 1 atom stereocenters. The molecule has 1 aromatic rings. The number of nitrogens with zero attached hydrogens (tertiary/aromatic N) is 1. The summed E-state index contributed by atoms with van der Waals surface area (Å²) in [6.07, 6.45) is 2.50. The van der Waals surface area contributed by atoms with Gasteiger partial charge >= 0.3 is 0 Å². The van der Waals surface area contributed by atoms with Crippen LogP contribution >= 0.6 is 15.9 Å². The second kappa shape index (κ2) is 4.71. The van der Waals surface area contributed by atoms with E-state index < -0.39 is 0 Å². The van der Waals surface area contributed by atoms with E-state index in [0.717, 1.165) is 11.0 Å². The van der Waals surface area contributed by atoms with Crippen molar-refractivity contribution in [3.05, 3.63) is 33.8 Å². The van der Waals surface area contributed by atoms with E-state index >= 15 is 0 Å². The van der Waals surface area contributed by atoms with Crippen LogP contribution in [0.1, 0.15) is 30.0 Å². The fraction of sp³-hybridized carbons (Fsp3) is 0.571. The average molecular weight is 297 g/mol. The quantitative estimate of drug-likeness (QED) is 0.925. The Hall–Kier alpha value is -0.380. The van der Waals surface area contributed by atoms with E-state index in [1.807, 2.05) is 0 Å². The topological polar surface area (TPSA) is 29.3 Å². The van der Waals surface area contributed by atoms with Gasteiger partial charge in [-0.3, -0.25) is 0 Å². The number of rotatable bonds is 4. The lowest BCUT2D eigenvalue weighted by Crippen LogP contribution is -2.34. The molecule has 0 spiro atoms. The third-order valence-electron chi connectivity index (χ3n) is 3.93. The Balaban J connectivity index is 2.43. The highest BCUT2D eigenvalue weighted by molar-refractivity contribution is 9.10. The molecule has 0 radical (unpaired) electrons. The summed E-state index contributed by atoms with van der Waals surface area (Å²) in [6.45, 7) is 2.96. The van der Waals surface area contributed by atoms with Crippen molar-refractivity contribution in [3.63, 3.8) is 0 Å². The fourth-order valence-corrected chi connectivity index (χ4v) is 3.19. The normalized spacial score (nSPS) is 19.4. The molecule has 0 heterocycles. The Morgan fingerprint density at radius 3 is 2.53 bits per heavy atom. The third-order valence-corrected chi connectivity index (χ3v) is 4.42. The average Bonchev–Trinajstić information content (AvgIpc) is 3.04.